The van der Waals surface area contributed by atoms with Crippen molar-refractivity contribution in [3.05, 3.63) is 29.3 Å². The van der Waals surface area contributed by atoms with Crippen LogP contribution in [0, 0.1) is 24.7 Å². The molecule has 0 atom stereocenters. The van der Waals surface area contributed by atoms with E-state index in [1.54, 1.807) is 4.90 Å². The van der Waals surface area contributed by atoms with Crippen molar-refractivity contribution >= 4 is 11.8 Å². The fourth-order valence-electron chi connectivity index (χ4n) is 2.49. The molecule has 1 heterocycles. The first-order valence-electron chi connectivity index (χ1n) is 8.10. The predicted octanol–water partition coefficient (Wildman–Crippen LogP) is 3.58. The van der Waals surface area contributed by atoms with Crippen LogP contribution < -0.4 is 5.73 Å². The first-order valence-corrected chi connectivity index (χ1v) is 8.10. The molecule has 2 N–H and O–H groups in total. The molecule has 124 valence electrons. The number of hydrogen-bond donors (Lipinski definition) is 1. The first kappa shape index (κ1) is 17.2. The van der Waals surface area contributed by atoms with Gasteiger partial charge in [-0.1, -0.05) is 17.9 Å². The number of aryl methyl sites for hydroxylation is 1. The zero-order valence-electron chi connectivity index (χ0n) is 14.5. The van der Waals surface area contributed by atoms with Gasteiger partial charge in [-0.25, -0.2) is 4.79 Å². The Morgan fingerprint density at radius 2 is 1.96 bits per heavy atom. The average Bonchev–Trinajstić information content (AvgIpc) is 2.47. The van der Waals surface area contributed by atoms with E-state index in [0.29, 0.717) is 24.7 Å². The summed E-state index contributed by atoms with van der Waals surface area (Å²) in [6.07, 6.45) is 1.52. The number of ether oxygens (including phenoxy) is 1. The third-order valence-corrected chi connectivity index (χ3v) is 3.77. The summed E-state index contributed by atoms with van der Waals surface area (Å²) in [5.41, 5.74) is 8.27. The quantitative estimate of drug-likeness (QED) is 0.588. The van der Waals surface area contributed by atoms with Gasteiger partial charge in [0.2, 0.25) is 0 Å². The van der Waals surface area contributed by atoms with E-state index in [9.17, 15) is 4.79 Å². The number of rotatable bonds is 0. The van der Waals surface area contributed by atoms with E-state index >= 15 is 0 Å². The zero-order chi connectivity index (χ0) is 17.0. The Kier molecular flexibility index (Phi) is 5.20. The lowest BCUT2D eigenvalue weighted by atomic mass is 9.97. The highest BCUT2D eigenvalue weighted by Gasteiger charge is 2.26. The van der Waals surface area contributed by atoms with Gasteiger partial charge in [-0.2, -0.15) is 0 Å². The number of carbonyl (C=O) groups excluding carboxylic acids is 1. The fraction of sp³-hybridized carbons (Fsp3) is 0.526. The number of hydrogen-bond acceptors (Lipinski definition) is 3. The Labute approximate surface area is 139 Å². The summed E-state index contributed by atoms with van der Waals surface area (Å²) in [5, 5.41) is 0. The molecule has 0 unspecified atom stereocenters. The number of likely N-dealkylation sites (tertiary alicyclic amines) is 1. The summed E-state index contributed by atoms with van der Waals surface area (Å²) in [6.45, 7) is 9.07. The molecule has 0 aromatic heterocycles. The van der Waals surface area contributed by atoms with Gasteiger partial charge in [0.15, 0.2) is 0 Å². The maximum atomic E-state index is 12.0. The molecule has 4 nitrogen and oxygen atoms in total. The highest BCUT2D eigenvalue weighted by Crippen LogP contribution is 2.20. The minimum atomic E-state index is -0.448. The van der Waals surface area contributed by atoms with Crippen molar-refractivity contribution in [3.8, 4) is 11.8 Å². The Bertz CT molecular complexity index is 627. The third kappa shape index (κ3) is 5.21. The van der Waals surface area contributed by atoms with Crippen LogP contribution in [-0.4, -0.2) is 29.7 Å². The molecule has 0 saturated carbocycles. The number of benzene rings is 1. The second-order valence-corrected chi connectivity index (χ2v) is 7.10. The van der Waals surface area contributed by atoms with E-state index < -0.39 is 5.60 Å². The Morgan fingerprint density at radius 1 is 1.30 bits per heavy atom. The Balaban J connectivity index is 1.92. The van der Waals surface area contributed by atoms with E-state index in [2.05, 4.69) is 11.8 Å². The van der Waals surface area contributed by atoms with Crippen LogP contribution in [0.15, 0.2) is 18.2 Å². The van der Waals surface area contributed by atoms with E-state index in [4.69, 9.17) is 10.5 Å². The summed E-state index contributed by atoms with van der Waals surface area (Å²) in [6, 6.07) is 5.89. The molecule has 0 radical (unpaired) electrons. The third-order valence-electron chi connectivity index (χ3n) is 3.77. The van der Waals surface area contributed by atoms with Crippen LogP contribution in [-0.2, 0) is 4.74 Å². The topological polar surface area (TPSA) is 55.6 Å². The monoisotopic (exact) mass is 314 g/mol. The maximum absolute atomic E-state index is 12.0. The summed E-state index contributed by atoms with van der Waals surface area (Å²) < 4.78 is 5.41. The highest BCUT2D eigenvalue weighted by atomic mass is 16.6. The van der Waals surface area contributed by atoms with Crippen molar-refractivity contribution in [2.75, 3.05) is 18.8 Å². The lowest BCUT2D eigenvalue weighted by Crippen LogP contribution is -2.41. The molecule has 1 saturated heterocycles. The minimum Gasteiger partial charge on any atom is -0.444 e. The summed E-state index contributed by atoms with van der Waals surface area (Å²) in [7, 11) is 0. The molecule has 2 rings (SSSR count). The number of nitrogens with two attached hydrogens (primary N) is 1. The van der Waals surface area contributed by atoms with Crippen LogP contribution in [0.25, 0.3) is 0 Å². The highest BCUT2D eigenvalue weighted by molar-refractivity contribution is 5.68. The predicted molar refractivity (Wildman–Crippen MR) is 93.0 cm³/mol. The molecule has 1 fully saturated rings. The largest absolute Gasteiger partial charge is 0.444 e. The number of nitrogen functional groups attached to an aromatic ring is 1. The molecule has 1 aromatic carbocycles. The van der Waals surface area contributed by atoms with E-state index in [1.807, 2.05) is 45.9 Å². The molecule has 4 heteroatoms. The maximum Gasteiger partial charge on any atom is 0.410 e. The number of carbonyl (C=O) groups is 1. The smallest absolute Gasteiger partial charge is 0.410 e. The molecule has 1 aromatic rings. The normalized spacial score (nSPS) is 15.7. The average molecular weight is 314 g/mol. The molecule has 0 bridgehead atoms. The number of nitrogens with zero attached hydrogens (tertiary/aromatic N) is 1. The van der Waals surface area contributed by atoms with Crippen LogP contribution in [0.1, 0.15) is 44.7 Å². The van der Waals surface area contributed by atoms with E-state index in [-0.39, 0.29) is 6.09 Å². The van der Waals surface area contributed by atoms with Crippen molar-refractivity contribution in [2.45, 2.75) is 46.1 Å². The molecule has 23 heavy (non-hydrogen) atoms. The van der Waals surface area contributed by atoms with Crippen LogP contribution in [0.3, 0.4) is 0 Å². The number of piperidine rings is 1. The van der Waals surface area contributed by atoms with E-state index in [1.165, 1.54) is 0 Å². The van der Waals surface area contributed by atoms with Gasteiger partial charge in [-0.15, -0.1) is 0 Å². The number of amides is 1. The lowest BCUT2D eigenvalue weighted by molar-refractivity contribution is 0.0199. The van der Waals surface area contributed by atoms with Crippen molar-refractivity contribution in [3.63, 3.8) is 0 Å². The van der Waals surface area contributed by atoms with Crippen molar-refractivity contribution in [2.24, 2.45) is 5.92 Å². The first-order chi connectivity index (χ1) is 10.7. The van der Waals surface area contributed by atoms with Gasteiger partial charge in [0.05, 0.1) is 0 Å². The molecule has 0 spiro atoms. The SMILES string of the molecule is Cc1ccc(N)c(C#CC2CCN(C(=O)OC(C)(C)C)CC2)c1. The Hall–Kier alpha value is -2.15. The Morgan fingerprint density at radius 3 is 2.57 bits per heavy atom. The second kappa shape index (κ2) is 6.95. The summed E-state index contributed by atoms with van der Waals surface area (Å²) in [4.78, 5) is 13.8. The van der Waals surface area contributed by atoms with Gasteiger partial charge in [-0.3, -0.25) is 0 Å². The van der Waals surface area contributed by atoms with Crippen molar-refractivity contribution in [1.82, 2.24) is 4.90 Å². The van der Waals surface area contributed by atoms with Crippen LogP contribution in [0.2, 0.25) is 0 Å². The van der Waals surface area contributed by atoms with Crippen molar-refractivity contribution < 1.29 is 9.53 Å². The molecule has 1 aliphatic heterocycles. The van der Waals surface area contributed by atoms with E-state index in [0.717, 1.165) is 24.0 Å². The van der Waals surface area contributed by atoms with Gasteiger partial charge in [-0.05, 0) is 58.2 Å². The standard InChI is InChI=1S/C19H26N2O2/c1-14-5-8-17(20)16(13-14)7-6-15-9-11-21(12-10-15)18(22)23-19(2,3)4/h5,8,13,15H,9-12,20H2,1-4H3. The van der Waals surface area contributed by atoms with Gasteiger partial charge >= 0.3 is 6.09 Å². The van der Waals surface area contributed by atoms with Gasteiger partial charge in [0, 0.05) is 30.3 Å². The summed E-state index contributed by atoms with van der Waals surface area (Å²) >= 11 is 0. The molecule has 1 amide bonds. The number of anilines is 1. The molecular formula is C19H26N2O2. The van der Waals surface area contributed by atoms with Gasteiger partial charge < -0.3 is 15.4 Å². The van der Waals surface area contributed by atoms with Crippen LogP contribution in [0.4, 0.5) is 10.5 Å². The second-order valence-electron chi connectivity index (χ2n) is 7.10. The van der Waals surface area contributed by atoms with Gasteiger partial charge in [0.25, 0.3) is 0 Å². The van der Waals surface area contributed by atoms with Crippen LogP contribution >= 0.6 is 0 Å². The van der Waals surface area contributed by atoms with Gasteiger partial charge in [0.1, 0.15) is 5.60 Å². The van der Waals surface area contributed by atoms with Crippen molar-refractivity contribution in [1.29, 1.82) is 0 Å². The molecule has 1 aliphatic rings. The summed E-state index contributed by atoms with van der Waals surface area (Å²) in [5.74, 6) is 6.80. The zero-order valence-corrected chi connectivity index (χ0v) is 14.5. The van der Waals surface area contributed by atoms with Crippen LogP contribution in [0.5, 0.6) is 0 Å². The molecular weight excluding hydrogens is 288 g/mol. The molecule has 0 aliphatic carbocycles. The fourth-order valence-corrected chi connectivity index (χ4v) is 2.49. The lowest BCUT2D eigenvalue weighted by Gasteiger charge is -2.31. The minimum absolute atomic E-state index is 0.230.